The summed E-state index contributed by atoms with van der Waals surface area (Å²) < 4.78 is 18.8. The van der Waals surface area contributed by atoms with Gasteiger partial charge in [0.05, 0.1) is 19.1 Å². The van der Waals surface area contributed by atoms with Crippen LogP contribution in [-0.2, 0) is 9.53 Å². The number of hydrogen-bond donors (Lipinski definition) is 1. The lowest BCUT2D eigenvalue weighted by molar-refractivity contribution is -0.141. The van der Waals surface area contributed by atoms with Crippen LogP contribution in [0.25, 0.3) is 0 Å². The van der Waals surface area contributed by atoms with Crippen LogP contribution in [0.4, 0.5) is 4.39 Å². The van der Waals surface area contributed by atoms with Crippen molar-refractivity contribution in [3.05, 3.63) is 35.1 Å². The predicted molar refractivity (Wildman–Crippen MR) is 69.0 cm³/mol. The standard InChI is InChI=1S/C14H16FNO4/c1-9-2-3-10(6-12(9)15)14(19)16-4-5-20-11(8-16)7-13(17)18/h2-3,6,11H,4-5,7-8H2,1H3,(H,17,18)/t11-/m0/s1. The summed E-state index contributed by atoms with van der Waals surface area (Å²) in [5, 5.41) is 8.74. The van der Waals surface area contributed by atoms with E-state index >= 15 is 0 Å². The molecule has 108 valence electrons. The number of aliphatic carboxylic acids is 1. The minimum atomic E-state index is -0.967. The summed E-state index contributed by atoms with van der Waals surface area (Å²) in [6.07, 6.45) is -0.660. The molecule has 1 aromatic carbocycles. The van der Waals surface area contributed by atoms with Crippen molar-refractivity contribution >= 4 is 11.9 Å². The molecule has 0 saturated carbocycles. The molecule has 1 atom stereocenters. The summed E-state index contributed by atoms with van der Waals surface area (Å²) in [7, 11) is 0. The molecular weight excluding hydrogens is 265 g/mol. The monoisotopic (exact) mass is 281 g/mol. The minimum Gasteiger partial charge on any atom is -0.481 e. The minimum absolute atomic E-state index is 0.147. The summed E-state index contributed by atoms with van der Waals surface area (Å²) in [4.78, 5) is 24.4. The van der Waals surface area contributed by atoms with Gasteiger partial charge in [0.15, 0.2) is 0 Å². The first kappa shape index (κ1) is 14.5. The van der Waals surface area contributed by atoms with Gasteiger partial charge in [0.1, 0.15) is 5.82 Å². The Balaban J connectivity index is 2.08. The number of halogens is 1. The number of morpholine rings is 1. The van der Waals surface area contributed by atoms with Gasteiger partial charge in [0.25, 0.3) is 5.91 Å². The van der Waals surface area contributed by atoms with Crippen molar-refractivity contribution in [1.29, 1.82) is 0 Å². The SMILES string of the molecule is Cc1ccc(C(=O)N2CCO[C@@H](CC(=O)O)C2)cc1F. The van der Waals surface area contributed by atoms with Crippen molar-refractivity contribution in [1.82, 2.24) is 4.90 Å². The predicted octanol–water partition coefficient (Wildman–Crippen LogP) is 1.45. The molecule has 20 heavy (non-hydrogen) atoms. The lowest BCUT2D eigenvalue weighted by Crippen LogP contribution is -2.46. The Morgan fingerprint density at radius 2 is 2.25 bits per heavy atom. The zero-order valence-corrected chi connectivity index (χ0v) is 11.1. The van der Waals surface area contributed by atoms with Crippen molar-refractivity contribution in [3.8, 4) is 0 Å². The van der Waals surface area contributed by atoms with E-state index in [0.29, 0.717) is 12.1 Å². The summed E-state index contributed by atoms with van der Waals surface area (Å²) in [5.74, 6) is -1.69. The van der Waals surface area contributed by atoms with Crippen molar-refractivity contribution in [3.63, 3.8) is 0 Å². The molecule has 1 aliphatic heterocycles. The Hall–Kier alpha value is -1.95. The highest BCUT2D eigenvalue weighted by molar-refractivity contribution is 5.94. The number of amides is 1. The molecule has 1 heterocycles. The largest absolute Gasteiger partial charge is 0.481 e. The van der Waals surface area contributed by atoms with E-state index in [2.05, 4.69) is 0 Å². The quantitative estimate of drug-likeness (QED) is 0.910. The van der Waals surface area contributed by atoms with E-state index in [9.17, 15) is 14.0 Å². The first-order valence-electron chi connectivity index (χ1n) is 6.36. The first-order chi connectivity index (χ1) is 9.47. The average molecular weight is 281 g/mol. The van der Waals surface area contributed by atoms with Gasteiger partial charge in [0, 0.05) is 18.7 Å². The molecule has 1 fully saturated rings. The molecule has 1 aliphatic rings. The Morgan fingerprint density at radius 3 is 2.90 bits per heavy atom. The molecule has 0 aliphatic carbocycles. The second-order valence-electron chi connectivity index (χ2n) is 4.81. The van der Waals surface area contributed by atoms with Crippen LogP contribution in [0.15, 0.2) is 18.2 Å². The highest BCUT2D eigenvalue weighted by Crippen LogP contribution is 2.15. The van der Waals surface area contributed by atoms with Gasteiger partial charge < -0.3 is 14.7 Å². The van der Waals surface area contributed by atoms with E-state index in [1.165, 1.54) is 11.0 Å². The Kier molecular flexibility index (Phi) is 4.34. The summed E-state index contributed by atoms with van der Waals surface area (Å²) in [6, 6.07) is 4.33. The van der Waals surface area contributed by atoms with Crippen molar-refractivity contribution in [2.45, 2.75) is 19.4 Å². The van der Waals surface area contributed by atoms with Gasteiger partial charge in [-0.1, -0.05) is 6.07 Å². The maximum Gasteiger partial charge on any atom is 0.306 e. The number of carbonyl (C=O) groups excluding carboxylic acids is 1. The van der Waals surface area contributed by atoms with Crippen molar-refractivity contribution < 1.29 is 23.8 Å². The molecule has 0 bridgehead atoms. The van der Waals surface area contributed by atoms with E-state index in [4.69, 9.17) is 9.84 Å². The van der Waals surface area contributed by atoms with Crippen LogP contribution >= 0.6 is 0 Å². The Morgan fingerprint density at radius 1 is 1.50 bits per heavy atom. The number of benzene rings is 1. The molecule has 5 nitrogen and oxygen atoms in total. The number of rotatable bonds is 3. The third kappa shape index (κ3) is 3.33. The van der Waals surface area contributed by atoms with Crippen LogP contribution in [0.2, 0.25) is 0 Å². The number of hydrogen-bond acceptors (Lipinski definition) is 3. The van der Waals surface area contributed by atoms with E-state index in [1.54, 1.807) is 19.1 Å². The Labute approximate surface area is 116 Å². The van der Waals surface area contributed by atoms with Gasteiger partial charge in [-0.25, -0.2) is 4.39 Å². The molecule has 1 N–H and O–H groups in total. The lowest BCUT2D eigenvalue weighted by Gasteiger charge is -2.32. The molecule has 0 unspecified atom stereocenters. The highest BCUT2D eigenvalue weighted by Gasteiger charge is 2.26. The summed E-state index contributed by atoms with van der Waals surface area (Å²) in [6.45, 7) is 2.50. The topological polar surface area (TPSA) is 66.8 Å². The Bertz CT molecular complexity index is 532. The van der Waals surface area contributed by atoms with Crippen LogP contribution in [0.5, 0.6) is 0 Å². The van der Waals surface area contributed by atoms with Gasteiger partial charge in [-0.2, -0.15) is 0 Å². The third-order valence-electron chi connectivity index (χ3n) is 3.25. The number of ether oxygens (including phenoxy) is 1. The van der Waals surface area contributed by atoms with Crippen LogP contribution < -0.4 is 0 Å². The van der Waals surface area contributed by atoms with E-state index in [-0.39, 0.29) is 31.0 Å². The van der Waals surface area contributed by atoms with Gasteiger partial charge in [0.2, 0.25) is 0 Å². The fraction of sp³-hybridized carbons (Fsp3) is 0.429. The third-order valence-corrected chi connectivity index (χ3v) is 3.25. The van der Waals surface area contributed by atoms with Crippen molar-refractivity contribution in [2.24, 2.45) is 0 Å². The van der Waals surface area contributed by atoms with E-state index in [1.807, 2.05) is 0 Å². The van der Waals surface area contributed by atoms with Crippen LogP contribution in [0, 0.1) is 12.7 Å². The number of aryl methyl sites for hydroxylation is 1. The fourth-order valence-electron chi connectivity index (χ4n) is 2.13. The average Bonchev–Trinajstić information content (AvgIpc) is 2.40. The number of carboxylic acid groups (broad SMARTS) is 1. The zero-order chi connectivity index (χ0) is 14.7. The van der Waals surface area contributed by atoms with Crippen LogP contribution in [-0.4, -0.2) is 47.7 Å². The molecule has 6 heteroatoms. The van der Waals surface area contributed by atoms with Crippen LogP contribution in [0.3, 0.4) is 0 Å². The first-order valence-corrected chi connectivity index (χ1v) is 6.36. The lowest BCUT2D eigenvalue weighted by atomic mass is 10.1. The summed E-state index contributed by atoms with van der Waals surface area (Å²) in [5.41, 5.74) is 0.747. The van der Waals surface area contributed by atoms with Gasteiger partial charge in [-0.15, -0.1) is 0 Å². The van der Waals surface area contributed by atoms with E-state index < -0.39 is 17.9 Å². The molecule has 0 radical (unpaired) electrons. The van der Waals surface area contributed by atoms with E-state index in [0.717, 1.165) is 0 Å². The maximum atomic E-state index is 13.5. The van der Waals surface area contributed by atoms with Crippen LogP contribution in [0.1, 0.15) is 22.3 Å². The second-order valence-corrected chi connectivity index (χ2v) is 4.81. The smallest absolute Gasteiger partial charge is 0.306 e. The maximum absolute atomic E-state index is 13.5. The molecule has 1 aromatic rings. The number of carbonyl (C=O) groups is 2. The molecule has 1 saturated heterocycles. The summed E-state index contributed by atoms with van der Waals surface area (Å²) >= 11 is 0. The molecule has 0 spiro atoms. The van der Waals surface area contributed by atoms with Gasteiger partial charge >= 0.3 is 5.97 Å². The molecular formula is C14H16FNO4. The number of carboxylic acids is 1. The fourth-order valence-corrected chi connectivity index (χ4v) is 2.13. The number of nitrogens with zero attached hydrogens (tertiary/aromatic N) is 1. The molecule has 0 aromatic heterocycles. The molecule has 1 amide bonds. The zero-order valence-electron chi connectivity index (χ0n) is 11.1. The van der Waals surface area contributed by atoms with Gasteiger partial charge in [-0.3, -0.25) is 9.59 Å². The molecule has 2 rings (SSSR count). The normalized spacial score (nSPS) is 18.9. The highest BCUT2D eigenvalue weighted by atomic mass is 19.1. The second kappa shape index (κ2) is 6.00. The van der Waals surface area contributed by atoms with Crippen molar-refractivity contribution in [2.75, 3.05) is 19.7 Å². The van der Waals surface area contributed by atoms with Gasteiger partial charge in [-0.05, 0) is 24.6 Å².